The zero-order valence-corrected chi connectivity index (χ0v) is 9.85. The summed E-state index contributed by atoms with van der Waals surface area (Å²) in [5.74, 6) is -0.649. The molecule has 1 aromatic rings. The van der Waals surface area contributed by atoms with Crippen molar-refractivity contribution >= 4 is 11.8 Å². The van der Waals surface area contributed by atoms with E-state index in [1.807, 2.05) is 24.3 Å². The zero-order valence-electron chi connectivity index (χ0n) is 9.85. The van der Waals surface area contributed by atoms with Crippen LogP contribution in [0, 0.1) is 0 Å². The standard InChI is InChI=1S/C12H17N3O2/c1-15(8-11(14)16)12(17)6-9-2-4-10(7-13)5-3-9/h2-5H,6-8,13H2,1H3,(H2,14,16). The average molecular weight is 235 g/mol. The fraction of sp³-hybridized carbons (Fsp3) is 0.333. The maximum Gasteiger partial charge on any atom is 0.237 e. The second kappa shape index (κ2) is 6.00. The number of hydrogen-bond acceptors (Lipinski definition) is 3. The van der Waals surface area contributed by atoms with Gasteiger partial charge in [-0.2, -0.15) is 0 Å². The number of nitrogens with two attached hydrogens (primary N) is 2. The summed E-state index contributed by atoms with van der Waals surface area (Å²) in [7, 11) is 1.56. The van der Waals surface area contributed by atoms with E-state index >= 15 is 0 Å². The van der Waals surface area contributed by atoms with Gasteiger partial charge in [0.1, 0.15) is 0 Å². The predicted octanol–water partition coefficient (Wildman–Crippen LogP) is -0.368. The minimum atomic E-state index is -0.515. The Morgan fingerprint density at radius 3 is 2.18 bits per heavy atom. The van der Waals surface area contributed by atoms with Crippen molar-refractivity contribution in [3.05, 3.63) is 35.4 Å². The molecule has 1 aromatic carbocycles. The van der Waals surface area contributed by atoms with Gasteiger partial charge in [-0.15, -0.1) is 0 Å². The lowest BCUT2D eigenvalue weighted by atomic mass is 10.1. The summed E-state index contributed by atoms with van der Waals surface area (Å²) < 4.78 is 0. The molecule has 1 rings (SSSR count). The van der Waals surface area contributed by atoms with Gasteiger partial charge in [-0.25, -0.2) is 0 Å². The largest absolute Gasteiger partial charge is 0.368 e. The summed E-state index contributed by atoms with van der Waals surface area (Å²) >= 11 is 0. The summed E-state index contributed by atoms with van der Waals surface area (Å²) in [5, 5.41) is 0. The summed E-state index contributed by atoms with van der Waals surface area (Å²) in [6.07, 6.45) is 0.259. The van der Waals surface area contributed by atoms with Crippen LogP contribution in [-0.4, -0.2) is 30.3 Å². The molecule has 5 nitrogen and oxygen atoms in total. The van der Waals surface area contributed by atoms with Gasteiger partial charge < -0.3 is 16.4 Å². The fourth-order valence-corrected chi connectivity index (χ4v) is 1.42. The van der Waals surface area contributed by atoms with Gasteiger partial charge in [-0.1, -0.05) is 24.3 Å². The highest BCUT2D eigenvalue weighted by atomic mass is 16.2. The monoisotopic (exact) mass is 235 g/mol. The SMILES string of the molecule is CN(CC(N)=O)C(=O)Cc1ccc(CN)cc1. The van der Waals surface area contributed by atoms with E-state index in [1.165, 1.54) is 4.90 Å². The van der Waals surface area contributed by atoms with Crippen LogP contribution in [0.3, 0.4) is 0 Å². The van der Waals surface area contributed by atoms with E-state index in [2.05, 4.69) is 0 Å². The molecule has 0 spiro atoms. The van der Waals surface area contributed by atoms with Crippen LogP contribution in [0.15, 0.2) is 24.3 Å². The molecule has 0 aliphatic carbocycles. The maximum absolute atomic E-state index is 11.7. The van der Waals surface area contributed by atoms with Crippen molar-refractivity contribution in [1.82, 2.24) is 4.90 Å². The summed E-state index contributed by atoms with van der Waals surface area (Å²) in [5.41, 5.74) is 12.4. The minimum absolute atomic E-state index is 0.0558. The van der Waals surface area contributed by atoms with E-state index in [9.17, 15) is 9.59 Å². The van der Waals surface area contributed by atoms with E-state index < -0.39 is 5.91 Å². The number of amides is 2. The van der Waals surface area contributed by atoms with Crippen molar-refractivity contribution in [3.63, 3.8) is 0 Å². The van der Waals surface area contributed by atoms with Gasteiger partial charge in [0.25, 0.3) is 0 Å². The van der Waals surface area contributed by atoms with E-state index in [0.717, 1.165) is 11.1 Å². The molecule has 0 atom stereocenters. The molecule has 17 heavy (non-hydrogen) atoms. The van der Waals surface area contributed by atoms with E-state index in [0.29, 0.717) is 6.54 Å². The second-order valence-corrected chi connectivity index (χ2v) is 3.91. The molecular formula is C12H17N3O2. The van der Waals surface area contributed by atoms with Gasteiger partial charge in [-0.05, 0) is 11.1 Å². The molecule has 92 valence electrons. The molecule has 0 saturated heterocycles. The minimum Gasteiger partial charge on any atom is -0.368 e. The molecule has 4 N–H and O–H groups in total. The molecule has 0 bridgehead atoms. The normalized spacial score (nSPS) is 10.0. The topological polar surface area (TPSA) is 89.4 Å². The first kappa shape index (κ1) is 13.2. The Morgan fingerprint density at radius 1 is 1.18 bits per heavy atom. The summed E-state index contributed by atoms with van der Waals surface area (Å²) in [4.78, 5) is 23.7. The Labute approximate surface area is 100 Å². The quantitative estimate of drug-likeness (QED) is 0.729. The lowest BCUT2D eigenvalue weighted by molar-refractivity contribution is -0.133. The number of likely N-dealkylation sites (N-methyl/N-ethyl adjacent to an activating group) is 1. The van der Waals surface area contributed by atoms with Gasteiger partial charge in [0.2, 0.25) is 11.8 Å². The van der Waals surface area contributed by atoms with Crippen LogP contribution in [-0.2, 0) is 22.6 Å². The number of benzene rings is 1. The molecule has 5 heteroatoms. The molecular weight excluding hydrogens is 218 g/mol. The Morgan fingerprint density at radius 2 is 1.71 bits per heavy atom. The van der Waals surface area contributed by atoms with Gasteiger partial charge in [-0.3, -0.25) is 9.59 Å². The number of nitrogens with zero attached hydrogens (tertiary/aromatic N) is 1. The van der Waals surface area contributed by atoms with Gasteiger partial charge in [0, 0.05) is 13.6 Å². The molecule has 0 heterocycles. The van der Waals surface area contributed by atoms with Crippen molar-refractivity contribution in [2.75, 3.05) is 13.6 Å². The molecule has 2 amide bonds. The van der Waals surface area contributed by atoms with Crippen LogP contribution in [0.4, 0.5) is 0 Å². The highest BCUT2D eigenvalue weighted by molar-refractivity contribution is 5.84. The fourth-order valence-electron chi connectivity index (χ4n) is 1.42. The Hall–Kier alpha value is -1.88. The molecule has 0 fully saturated rings. The van der Waals surface area contributed by atoms with E-state index in [-0.39, 0.29) is 18.9 Å². The third-order valence-corrected chi connectivity index (χ3v) is 2.43. The van der Waals surface area contributed by atoms with Crippen molar-refractivity contribution in [2.24, 2.45) is 11.5 Å². The first-order valence-corrected chi connectivity index (χ1v) is 5.33. The number of hydrogen-bond donors (Lipinski definition) is 2. The van der Waals surface area contributed by atoms with E-state index in [4.69, 9.17) is 11.5 Å². The van der Waals surface area contributed by atoms with Crippen LogP contribution >= 0.6 is 0 Å². The Bertz CT molecular complexity index is 401. The lowest BCUT2D eigenvalue weighted by Crippen LogP contribution is -2.36. The second-order valence-electron chi connectivity index (χ2n) is 3.91. The third kappa shape index (κ3) is 4.24. The van der Waals surface area contributed by atoms with Crippen molar-refractivity contribution < 1.29 is 9.59 Å². The number of rotatable bonds is 5. The highest BCUT2D eigenvalue weighted by Gasteiger charge is 2.11. The summed E-state index contributed by atoms with van der Waals surface area (Å²) in [6.45, 7) is 0.426. The lowest BCUT2D eigenvalue weighted by Gasteiger charge is -2.14. The molecule has 0 saturated carbocycles. The van der Waals surface area contributed by atoms with E-state index in [1.54, 1.807) is 7.05 Å². The van der Waals surface area contributed by atoms with Gasteiger partial charge in [0.05, 0.1) is 13.0 Å². The number of carbonyl (C=O) groups is 2. The highest BCUT2D eigenvalue weighted by Crippen LogP contribution is 2.05. The summed E-state index contributed by atoms with van der Waals surface area (Å²) in [6, 6.07) is 7.49. The van der Waals surface area contributed by atoms with Crippen LogP contribution < -0.4 is 11.5 Å². The predicted molar refractivity (Wildman–Crippen MR) is 64.9 cm³/mol. The van der Waals surface area contributed by atoms with Crippen molar-refractivity contribution in [1.29, 1.82) is 0 Å². The van der Waals surface area contributed by atoms with Crippen LogP contribution in [0.2, 0.25) is 0 Å². The van der Waals surface area contributed by atoms with Crippen LogP contribution in [0.1, 0.15) is 11.1 Å². The van der Waals surface area contributed by atoms with Gasteiger partial charge >= 0.3 is 0 Å². The smallest absolute Gasteiger partial charge is 0.237 e. The van der Waals surface area contributed by atoms with Crippen molar-refractivity contribution in [3.8, 4) is 0 Å². The van der Waals surface area contributed by atoms with Crippen molar-refractivity contribution in [2.45, 2.75) is 13.0 Å². The van der Waals surface area contributed by atoms with Crippen LogP contribution in [0.25, 0.3) is 0 Å². The zero-order chi connectivity index (χ0) is 12.8. The van der Waals surface area contributed by atoms with Crippen LogP contribution in [0.5, 0.6) is 0 Å². The number of carbonyl (C=O) groups excluding carboxylic acids is 2. The third-order valence-electron chi connectivity index (χ3n) is 2.43. The van der Waals surface area contributed by atoms with Gasteiger partial charge in [0.15, 0.2) is 0 Å². The number of primary amides is 1. The molecule has 0 aromatic heterocycles. The Kier molecular flexibility index (Phi) is 4.66. The molecule has 0 unspecified atom stereocenters. The Balaban J connectivity index is 2.58. The average Bonchev–Trinajstić information content (AvgIpc) is 2.29. The first-order valence-electron chi connectivity index (χ1n) is 5.33. The molecule has 0 aliphatic heterocycles. The first-order chi connectivity index (χ1) is 8.02. The maximum atomic E-state index is 11.7. The molecule has 0 radical (unpaired) electrons. The molecule has 0 aliphatic rings.